The summed E-state index contributed by atoms with van der Waals surface area (Å²) >= 11 is 5.72. The van der Waals surface area contributed by atoms with Crippen LogP contribution >= 0.6 is 11.6 Å². The molecule has 0 amide bonds. The maximum Gasteiger partial charge on any atom is 0.264 e. The summed E-state index contributed by atoms with van der Waals surface area (Å²) in [5.74, 6) is -0.786. The third-order valence-corrected chi connectivity index (χ3v) is 4.08. The summed E-state index contributed by atoms with van der Waals surface area (Å²) in [7, 11) is -2.67. The van der Waals surface area contributed by atoms with Crippen LogP contribution in [0, 0.1) is 12.7 Å². The molecule has 0 aliphatic carbocycles. The Hall–Kier alpha value is -1.93. The number of anilines is 1. The van der Waals surface area contributed by atoms with Crippen molar-refractivity contribution in [3.8, 4) is 5.88 Å². The van der Waals surface area contributed by atoms with Crippen LogP contribution < -0.4 is 9.46 Å². The molecule has 0 fully saturated rings. The minimum atomic E-state index is -4.02. The maximum absolute atomic E-state index is 13.5. The van der Waals surface area contributed by atoms with Crippen LogP contribution in [0.5, 0.6) is 5.88 Å². The molecule has 1 aromatic carbocycles. The maximum atomic E-state index is 13.5. The monoisotopic (exact) mass is 331 g/mol. The highest BCUT2D eigenvalue weighted by Gasteiger charge is 2.18. The molecule has 0 saturated heterocycles. The van der Waals surface area contributed by atoms with Gasteiger partial charge < -0.3 is 4.74 Å². The molecule has 0 unspecified atom stereocenters. The lowest BCUT2D eigenvalue weighted by atomic mass is 10.2. The number of hydrogen-bond acceptors (Lipinski definition) is 5. The normalized spacial score (nSPS) is 11.2. The van der Waals surface area contributed by atoms with Gasteiger partial charge in [-0.05, 0) is 24.6 Å². The Morgan fingerprint density at radius 2 is 2.00 bits per heavy atom. The van der Waals surface area contributed by atoms with Crippen molar-refractivity contribution < 1.29 is 17.5 Å². The molecule has 1 aromatic heterocycles. The highest BCUT2D eigenvalue weighted by Crippen LogP contribution is 2.20. The first kappa shape index (κ1) is 15.5. The van der Waals surface area contributed by atoms with E-state index in [0.717, 1.165) is 6.07 Å². The quantitative estimate of drug-likeness (QED) is 0.870. The Labute approximate surface area is 126 Å². The van der Waals surface area contributed by atoms with E-state index >= 15 is 0 Å². The number of methoxy groups -OCH3 is 1. The number of hydrogen-bond donors (Lipinski definition) is 1. The molecular weight excluding hydrogens is 321 g/mol. The summed E-state index contributed by atoms with van der Waals surface area (Å²) < 4.78 is 44.7. The highest BCUT2D eigenvalue weighted by atomic mass is 35.5. The number of halogens is 2. The fourth-order valence-corrected chi connectivity index (χ4v) is 2.60. The Morgan fingerprint density at radius 1 is 1.29 bits per heavy atom. The van der Waals surface area contributed by atoms with Crippen molar-refractivity contribution in [1.82, 2.24) is 9.97 Å². The standard InChI is InChI=1S/C12H11ClFN3O3S/c1-7-3-4-8(5-9(7)14)21(18,19)17-12-15-10(13)6-11(16-12)20-2/h3-6H,1-2H3,(H,15,16,17). The number of nitrogens with zero attached hydrogens (tertiary/aromatic N) is 2. The first-order valence-corrected chi connectivity index (χ1v) is 7.55. The molecule has 0 aliphatic rings. The van der Waals surface area contributed by atoms with Crippen molar-refractivity contribution in [3.63, 3.8) is 0 Å². The average molecular weight is 332 g/mol. The second kappa shape index (κ2) is 5.82. The van der Waals surface area contributed by atoms with Crippen LogP contribution in [0.15, 0.2) is 29.2 Å². The van der Waals surface area contributed by atoms with Crippen molar-refractivity contribution in [3.05, 3.63) is 40.8 Å². The molecule has 112 valence electrons. The fourth-order valence-electron chi connectivity index (χ4n) is 1.47. The van der Waals surface area contributed by atoms with Gasteiger partial charge in [-0.3, -0.25) is 0 Å². The van der Waals surface area contributed by atoms with Crippen molar-refractivity contribution in [1.29, 1.82) is 0 Å². The summed E-state index contributed by atoms with van der Waals surface area (Å²) in [5.41, 5.74) is 0.342. The largest absolute Gasteiger partial charge is 0.481 e. The Bertz CT molecular complexity index is 783. The van der Waals surface area contributed by atoms with Crippen molar-refractivity contribution >= 4 is 27.6 Å². The van der Waals surface area contributed by atoms with Crippen molar-refractivity contribution in [2.24, 2.45) is 0 Å². The molecule has 0 aliphatic heterocycles. The third-order valence-electron chi connectivity index (χ3n) is 2.56. The van der Waals surface area contributed by atoms with E-state index in [-0.39, 0.29) is 21.9 Å². The van der Waals surface area contributed by atoms with Crippen LogP contribution in [0.2, 0.25) is 5.15 Å². The predicted octanol–water partition coefficient (Wildman–Crippen LogP) is 2.39. The van der Waals surface area contributed by atoms with E-state index in [2.05, 4.69) is 14.7 Å². The Balaban J connectivity index is 2.37. The minimum absolute atomic E-state index is 0.00892. The highest BCUT2D eigenvalue weighted by molar-refractivity contribution is 7.92. The number of rotatable bonds is 4. The van der Waals surface area contributed by atoms with Gasteiger partial charge in [0.2, 0.25) is 11.8 Å². The van der Waals surface area contributed by atoms with Gasteiger partial charge in [0.15, 0.2) is 0 Å². The van der Waals surface area contributed by atoms with E-state index in [1.54, 1.807) is 0 Å². The van der Waals surface area contributed by atoms with E-state index < -0.39 is 15.8 Å². The van der Waals surface area contributed by atoms with E-state index in [4.69, 9.17) is 16.3 Å². The molecule has 0 atom stereocenters. The molecule has 9 heteroatoms. The molecule has 1 N–H and O–H groups in total. The van der Waals surface area contributed by atoms with E-state index in [1.165, 1.54) is 32.2 Å². The zero-order valence-electron chi connectivity index (χ0n) is 11.1. The summed E-state index contributed by atoms with van der Waals surface area (Å²) in [6.07, 6.45) is 0. The van der Waals surface area contributed by atoms with Gasteiger partial charge in [0, 0.05) is 6.07 Å². The van der Waals surface area contributed by atoms with Crippen LogP contribution in [-0.4, -0.2) is 25.5 Å². The van der Waals surface area contributed by atoms with Gasteiger partial charge in [-0.25, -0.2) is 22.5 Å². The lowest BCUT2D eigenvalue weighted by Gasteiger charge is -2.08. The fraction of sp³-hybridized carbons (Fsp3) is 0.167. The zero-order chi connectivity index (χ0) is 15.6. The minimum Gasteiger partial charge on any atom is -0.481 e. The van der Waals surface area contributed by atoms with E-state index in [0.29, 0.717) is 5.56 Å². The first-order chi connectivity index (χ1) is 9.81. The van der Waals surface area contributed by atoms with Gasteiger partial charge in [-0.1, -0.05) is 17.7 Å². The summed E-state index contributed by atoms with van der Waals surface area (Å²) in [4.78, 5) is 7.28. The van der Waals surface area contributed by atoms with Gasteiger partial charge in [0.25, 0.3) is 10.0 Å². The molecule has 0 bridgehead atoms. The summed E-state index contributed by atoms with van der Waals surface area (Å²) in [6.45, 7) is 1.53. The van der Waals surface area contributed by atoms with Gasteiger partial charge in [0.1, 0.15) is 11.0 Å². The molecule has 0 saturated carbocycles. The van der Waals surface area contributed by atoms with Crippen molar-refractivity contribution in [2.45, 2.75) is 11.8 Å². The second-order valence-electron chi connectivity index (χ2n) is 4.07. The predicted molar refractivity (Wildman–Crippen MR) is 75.5 cm³/mol. The number of nitrogens with one attached hydrogen (secondary N) is 1. The van der Waals surface area contributed by atoms with Gasteiger partial charge in [-0.2, -0.15) is 4.98 Å². The lowest BCUT2D eigenvalue weighted by Crippen LogP contribution is -2.15. The number of benzene rings is 1. The molecule has 0 radical (unpaired) electrons. The topological polar surface area (TPSA) is 81.2 Å². The number of aryl methyl sites for hydroxylation is 1. The third kappa shape index (κ3) is 3.59. The van der Waals surface area contributed by atoms with Crippen LogP contribution in [-0.2, 0) is 10.0 Å². The molecule has 2 aromatic rings. The van der Waals surface area contributed by atoms with Crippen LogP contribution in [0.4, 0.5) is 10.3 Å². The van der Waals surface area contributed by atoms with Gasteiger partial charge in [-0.15, -0.1) is 0 Å². The number of sulfonamides is 1. The molecule has 2 rings (SSSR count). The van der Waals surface area contributed by atoms with Gasteiger partial charge >= 0.3 is 0 Å². The SMILES string of the molecule is COc1cc(Cl)nc(NS(=O)(=O)c2ccc(C)c(F)c2)n1. The Kier molecular flexibility index (Phi) is 4.29. The van der Waals surface area contributed by atoms with Crippen LogP contribution in [0.3, 0.4) is 0 Å². The number of aromatic nitrogens is 2. The van der Waals surface area contributed by atoms with Gasteiger partial charge in [0.05, 0.1) is 12.0 Å². The second-order valence-corrected chi connectivity index (χ2v) is 6.14. The van der Waals surface area contributed by atoms with E-state index in [1.807, 2.05) is 0 Å². The summed E-state index contributed by atoms with van der Waals surface area (Å²) in [5, 5.41) is 0.00892. The molecule has 0 spiro atoms. The molecule has 21 heavy (non-hydrogen) atoms. The molecule has 1 heterocycles. The molecule has 6 nitrogen and oxygen atoms in total. The van der Waals surface area contributed by atoms with Crippen LogP contribution in [0.1, 0.15) is 5.56 Å². The zero-order valence-corrected chi connectivity index (χ0v) is 12.7. The number of ether oxygens (including phenoxy) is 1. The molecular formula is C12H11ClFN3O3S. The smallest absolute Gasteiger partial charge is 0.264 e. The summed E-state index contributed by atoms with van der Waals surface area (Å²) in [6, 6.07) is 4.89. The average Bonchev–Trinajstić information content (AvgIpc) is 2.40. The first-order valence-electron chi connectivity index (χ1n) is 5.69. The van der Waals surface area contributed by atoms with Crippen molar-refractivity contribution in [2.75, 3.05) is 11.8 Å². The van der Waals surface area contributed by atoms with Crippen LogP contribution in [0.25, 0.3) is 0 Å². The lowest BCUT2D eigenvalue weighted by molar-refractivity contribution is 0.397. The van der Waals surface area contributed by atoms with E-state index in [9.17, 15) is 12.8 Å². The Morgan fingerprint density at radius 3 is 2.62 bits per heavy atom.